The molecule has 0 aromatic carbocycles. The number of esters is 2. The molecular weight excluding hydrogens is 208 g/mol. The van der Waals surface area contributed by atoms with Crippen LogP contribution in [0.2, 0.25) is 0 Å². The molecule has 0 aliphatic carbocycles. The van der Waals surface area contributed by atoms with Crippen molar-refractivity contribution in [3.63, 3.8) is 0 Å². The molecule has 0 unspecified atom stereocenters. The van der Waals surface area contributed by atoms with Crippen LogP contribution in [0, 0.1) is 0 Å². The molecule has 0 bridgehead atoms. The van der Waals surface area contributed by atoms with Crippen molar-refractivity contribution in [2.24, 2.45) is 0 Å². The number of carbonyl (C=O) groups excluding carboxylic acids is 2. The molecule has 4 nitrogen and oxygen atoms in total. The first-order chi connectivity index (χ1) is 7.54. The first-order valence-electron chi connectivity index (χ1n) is 5.47. The summed E-state index contributed by atoms with van der Waals surface area (Å²) in [6.45, 7) is 5.59. The van der Waals surface area contributed by atoms with Gasteiger partial charge in [-0.25, -0.2) is 9.59 Å². The van der Waals surface area contributed by atoms with Crippen molar-refractivity contribution in [3.8, 4) is 0 Å². The van der Waals surface area contributed by atoms with Crippen molar-refractivity contribution in [2.45, 2.75) is 40.0 Å². The van der Waals surface area contributed by atoms with Crippen LogP contribution < -0.4 is 0 Å². The number of carbonyl (C=O) groups is 2. The highest BCUT2D eigenvalue weighted by Crippen LogP contribution is 2.08. The number of hydrogen-bond donors (Lipinski definition) is 0. The zero-order valence-corrected chi connectivity index (χ0v) is 10.5. The molecule has 0 radical (unpaired) electrons. The number of rotatable bonds is 6. The van der Waals surface area contributed by atoms with E-state index in [0.717, 1.165) is 19.3 Å². The summed E-state index contributed by atoms with van der Waals surface area (Å²) in [6.07, 6.45) is 2.96. The second-order valence-corrected chi connectivity index (χ2v) is 3.58. The molecule has 0 aromatic heterocycles. The number of methoxy groups -OCH3 is 1. The normalized spacial score (nSPS) is 11.8. The molecule has 0 atom stereocenters. The summed E-state index contributed by atoms with van der Waals surface area (Å²) >= 11 is 0. The third-order valence-electron chi connectivity index (χ3n) is 2.34. The van der Waals surface area contributed by atoms with Gasteiger partial charge < -0.3 is 9.47 Å². The summed E-state index contributed by atoms with van der Waals surface area (Å²) in [5.41, 5.74) is 0.603. The Morgan fingerprint density at radius 2 is 1.56 bits per heavy atom. The van der Waals surface area contributed by atoms with Crippen molar-refractivity contribution in [2.75, 3.05) is 13.7 Å². The van der Waals surface area contributed by atoms with Crippen LogP contribution in [0.1, 0.15) is 40.0 Å². The largest absolute Gasteiger partial charge is 0.466 e. The molecule has 0 spiro atoms. The smallest absolute Gasteiger partial charge is 0.334 e. The quantitative estimate of drug-likeness (QED) is 0.397. The molecule has 0 amide bonds. The lowest BCUT2D eigenvalue weighted by Gasteiger charge is -2.06. The van der Waals surface area contributed by atoms with Crippen molar-refractivity contribution in [1.82, 2.24) is 0 Å². The maximum absolute atomic E-state index is 11.5. The summed E-state index contributed by atoms with van der Waals surface area (Å²) in [7, 11) is 1.28. The molecule has 0 fully saturated rings. The SMILES string of the molecule is CCCCCOC(=O)/C(C)=C(/C)C(=O)OC. The Morgan fingerprint density at radius 3 is 2.06 bits per heavy atom. The zero-order chi connectivity index (χ0) is 12.6. The van der Waals surface area contributed by atoms with E-state index in [1.54, 1.807) is 13.8 Å². The topological polar surface area (TPSA) is 52.6 Å². The lowest BCUT2D eigenvalue weighted by Crippen LogP contribution is -2.13. The third-order valence-corrected chi connectivity index (χ3v) is 2.34. The molecule has 0 aromatic rings. The van der Waals surface area contributed by atoms with E-state index < -0.39 is 11.9 Å². The van der Waals surface area contributed by atoms with E-state index in [1.165, 1.54) is 7.11 Å². The predicted molar refractivity (Wildman–Crippen MR) is 60.9 cm³/mol. The van der Waals surface area contributed by atoms with Gasteiger partial charge in [0.1, 0.15) is 0 Å². The Kier molecular flexibility index (Phi) is 7.25. The summed E-state index contributed by atoms with van der Waals surface area (Å²) in [4.78, 5) is 22.6. The fourth-order valence-electron chi connectivity index (χ4n) is 1.08. The van der Waals surface area contributed by atoms with Gasteiger partial charge in [-0.15, -0.1) is 0 Å². The molecular formula is C12H20O4. The fraction of sp³-hybridized carbons (Fsp3) is 0.667. The van der Waals surface area contributed by atoms with Crippen LogP contribution in [-0.4, -0.2) is 25.7 Å². The number of unbranched alkanes of at least 4 members (excludes halogenated alkanes) is 2. The second-order valence-electron chi connectivity index (χ2n) is 3.58. The molecule has 16 heavy (non-hydrogen) atoms. The van der Waals surface area contributed by atoms with Crippen LogP contribution >= 0.6 is 0 Å². The highest BCUT2D eigenvalue weighted by atomic mass is 16.5. The minimum absolute atomic E-state index is 0.294. The summed E-state index contributed by atoms with van der Waals surface area (Å²) < 4.78 is 9.54. The van der Waals surface area contributed by atoms with Crippen LogP contribution in [0.4, 0.5) is 0 Å². The van der Waals surface area contributed by atoms with E-state index in [0.29, 0.717) is 17.8 Å². The van der Waals surface area contributed by atoms with Gasteiger partial charge in [-0.3, -0.25) is 0 Å². The van der Waals surface area contributed by atoms with Crippen LogP contribution in [-0.2, 0) is 19.1 Å². The van der Waals surface area contributed by atoms with Gasteiger partial charge in [-0.1, -0.05) is 19.8 Å². The molecule has 0 saturated carbocycles. The first-order valence-corrected chi connectivity index (χ1v) is 5.47. The standard InChI is InChI=1S/C12H20O4/c1-5-6-7-8-16-12(14)10(3)9(2)11(13)15-4/h5-8H2,1-4H3/b10-9-. The highest BCUT2D eigenvalue weighted by molar-refractivity contribution is 5.99. The Balaban J connectivity index is 4.21. The zero-order valence-electron chi connectivity index (χ0n) is 10.5. The van der Waals surface area contributed by atoms with Gasteiger partial charge in [0.15, 0.2) is 0 Å². The molecule has 92 valence electrons. The summed E-state index contributed by atoms with van der Waals surface area (Å²) in [5.74, 6) is -0.943. The maximum atomic E-state index is 11.5. The van der Waals surface area contributed by atoms with Gasteiger partial charge in [0, 0.05) is 11.1 Å². The average Bonchev–Trinajstić information content (AvgIpc) is 2.31. The van der Waals surface area contributed by atoms with Gasteiger partial charge in [0.2, 0.25) is 0 Å². The van der Waals surface area contributed by atoms with E-state index in [2.05, 4.69) is 11.7 Å². The molecule has 0 aliphatic heterocycles. The van der Waals surface area contributed by atoms with Crippen LogP contribution in [0.25, 0.3) is 0 Å². The summed E-state index contributed by atoms with van der Waals surface area (Å²) in [5, 5.41) is 0. The van der Waals surface area contributed by atoms with Gasteiger partial charge in [-0.05, 0) is 20.3 Å². The van der Waals surface area contributed by atoms with E-state index in [1.807, 2.05) is 0 Å². The molecule has 0 aliphatic rings. The molecule has 4 heteroatoms. The Bertz CT molecular complexity index is 279. The maximum Gasteiger partial charge on any atom is 0.334 e. The molecule has 0 rings (SSSR count). The van der Waals surface area contributed by atoms with E-state index in [4.69, 9.17) is 4.74 Å². The Morgan fingerprint density at radius 1 is 1.00 bits per heavy atom. The van der Waals surface area contributed by atoms with Crippen molar-refractivity contribution in [1.29, 1.82) is 0 Å². The van der Waals surface area contributed by atoms with Crippen molar-refractivity contribution in [3.05, 3.63) is 11.1 Å². The van der Waals surface area contributed by atoms with Crippen molar-refractivity contribution >= 4 is 11.9 Å². The summed E-state index contributed by atoms with van der Waals surface area (Å²) in [6, 6.07) is 0. The van der Waals surface area contributed by atoms with E-state index in [9.17, 15) is 9.59 Å². The van der Waals surface area contributed by atoms with Crippen LogP contribution in [0.5, 0.6) is 0 Å². The third kappa shape index (κ3) is 4.96. The Labute approximate surface area is 96.6 Å². The average molecular weight is 228 g/mol. The van der Waals surface area contributed by atoms with Crippen molar-refractivity contribution < 1.29 is 19.1 Å². The van der Waals surface area contributed by atoms with E-state index >= 15 is 0 Å². The van der Waals surface area contributed by atoms with Crippen LogP contribution in [0.3, 0.4) is 0 Å². The lowest BCUT2D eigenvalue weighted by molar-refractivity contribution is -0.141. The van der Waals surface area contributed by atoms with Gasteiger partial charge in [-0.2, -0.15) is 0 Å². The highest BCUT2D eigenvalue weighted by Gasteiger charge is 2.14. The van der Waals surface area contributed by atoms with Gasteiger partial charge in [0.05, 0.1) is 13.7 Å². The van der Waals surface area contributed by atoms with E-state index in [-0.39, 0.29) is 0 Å². The monoisotopic (exact) mass is 228 g/mol. The first kappa shape index (κ1) is 14.7. The predicted octanol–water partition coefficient (Wildman–Crippen LogP) is 2.23. The minimum Gasteiger partial charge on any atom is -0.466 e. The molecule has 0 N–H and O–H groups in total. The Hall–Kier alpha value is -1.32. The van der Waals surface area contributed by atoms with Gasteiger partial charge in [0.25, 0.3) is 0 Å². The van der Waals surface area contributed by atoms with Crippen LogP contribution in [0.15, 0.2) is 11.1 Å². The molecule has 0 saturated heterocycles. The van der Waals surface area contributed by atoms with Gasteiger partial charge >= 0.3 is 11.9 Å². The number of ether oxygens (including phenoxy) is 2. The molecule has 0 heterocycles. The second kappa shape index (κ2) is 7.91. The fourth-order valence-corrected chi connectivity index (χ4v) is 1.08. The lowest BCUT2D eigenvalue weighted by atomic mass is 10.1. The minimum atomic E-state index is -0.497. The number of hydrogen-bond acceptors (Lipinski definition) is 4.